The Morgan fingerprint density at radius 2 is 1.85 bits per heavy atom. The van der Waals surface area contributed by atoms with Crippen molar-refractivity contribution in [3.8, 4) is 5.75 Å². The van der Waals surface area contributed by atoms with Crippen molar-refractivity contribution in [2.45, 2.75) is 62.8 Å². The molecule has 1 fully saturated rings. The lowest BCUT2D eigenvalue weighted by molar-refractivity contribution is -0.137. The van der Waals surface area contributed by atoms with Crippen LogP contribution in [0.15, 0.2) is 53.5 Å². The molecule has 1 aliphatic carbocycles. The number of rotatable bonds is 5. The van der Waals surface area contributed by atoms with Gasteiger partial charge < -0.3 is 15.5 Å². The Labute approximate surface area is 194 Å². The molecule has 1 aliphatic rings. The molecule has 1 unspecified atom stereocenters. The van der Waals surface area contributed by atoms with E-state index in [9.17, 15) is 18.0 Å². The van der Waals surface area contributed by atoms with E-state index >= 15 is 0 Å². The Morgan fingerprint density at radius 3 is 2.45 bits per heavy atom. The van der Waals surface area contributed by atoms with Gasteiger partial charge in [0.05, 0.1) is 16.7 Å². The van der Waals surface area contributed by atoms with E-state index in [1.54, 1.807) is 36.5 Å². The van der Waals surface area contributed by atoms with Gasteiger partial charge in [-0.05, 0) is 73.4 Å². The summed E-state index contributed by atoms with van der Waals surface area (Å²) in [5.74, 6) is 0.515. The summed E-state index contributed by atoms with van der Waals surface area (Å²) in [6.07, 6.45) is 0.607. The molecule has 1 heterocycles. The third kappa shape index (κ3) is 4.62. The topological polar surface area (TPSA) is 68.1 Å². The second-order valence-corrected chi connectivity index (χ2v) is 9.15. The van der Waals surface area contributed by atoms with Crippen molar-refractivity contribution in [2.24, 2.45) is 5.73 Å². The second kappa shape index (κ2) is 9.03. The standard InChI is InChI=1S/C25H26ClF3N2O2/c1-2-22(30)24(16-3-5-17(6-4-16)25(27,28)29)10-7-18(8-11-24)33-21-13-15-9-12-31-23(32)19(15)14-20(21)26/h3-6,9,12-14,18,22H,2,7-8,10-11,30H2,1H3,(H,31,32)/t18-,22?,24+. The molecule has 3 aromatic rings. The van der Waals surface area contributed by atoms with Gasteiger partial charge in [0.25, 0.3) is 5.56 Å². The van der Waals surface area contributed by atoms with Crippen LogP contribution in [0.25, 0.3) is 10.8 Å². The molecule has 1 atom stereocenters. The number of aromatic amines is 1. The van der Waals surface area contributed by atoms with Crippen LogP contribution in [-0.4, -0.2) is 17.1 Å². The Hall–Kier alpha value is -2.51. The van der Waals surface area contributed by atoms with Gasteiger partial charge >= 0.3 is 6.18 Å². The summed E-state index contributed by atoms with van der Waals surface area (Å²) in [5, 5.41) is 1.60. The average molecular weight is 479 g/mol. The first-order valence-corrected chi connectivity index (χ1v) is 11.4. The van der Waals surface area contributed by atoms with E-state index in [1.165, 1.54) is 0 Å². The highest BCUT2D eigenvalue weighted by molar-refractivity contribution is 6.32. The number of alkyl halides is 3. The molecule has 1 saturated carbocycles. The monoisotopic (exact) mass is 478 g/mol. The second-order valence-electron chi connectivity index (χ2n) is 8.74. The van der Waals surface area contributed by atoms with Crippen molar-refractivity contribution in [3.05, 3.63) is 75.2 Å². The van der Waals surface area contributed by atoms with Gasteiger partial charge in [-0.2, -0.15) is 13.2 Å². The molecule has 3 N–H and O–H groups in total. The van der Waals surface area contributed by atoms with Crippen molar-refractivity contribution in [1.29, 1.82) is 0 Å². The van der Waals surface area contributed by atoms with E-state index in [4.69, 9.17) is 22.1 Å². The molecule has 1 aromatic heterocycles. The number of hydrogen-bond acceptors (Lipinski definition) is 3. The highest BCUT2D eigenvalue weighted by Crippen LogP contribution is 2.44. The van der Waals surface area contributed by atoms with Gasteiger partial charge in [-0.15, -0.1) is 0 Å². The van der Waals surface area contributed by atoms with Gasteiger partial charge in [0, 0.05) is 23.0 Å². The zero-order valence-electron chi connectivity index (χ0n) is 18.2. The molecule has 0 spiro atoms. The molecule has 176 valence electrons. The number of nitrogens with one attached hydrogen (secondary N) is 1. The molecular weight excluding hydrogens is 453 g/mol. The molecule has 8 heteroatoms. The highest BCUT2D eigenvalue weighted by Gasteiger charge is 2.42. The number of H-pyrrole nitrogens is 1. The lowest BCUT2D eigenvalue weighted by Gasteiger charge is -2.44. The molecule has 4 rings (SSSR count). The minimum atomic E-state index is -4.37. The summed E-state index contributed by atoms with van der Waals surface area (Å²) in [7, 11) is 0. The maximum atomic E-state index is 13.0. The van der Waals surface area contributed by atoms with Crippen LogP contribution in [0.4, 0.5) is 13.2 Å². The van der Waals surface area contributed by atoms with Crippen molar-refractivity contribution in [2.75, 3.05) is 0 Å². The van der Waals surface area contributed by atoms with E-state index in [2.05, 4.69) is 4.98 Å². The number of nitrogens with two attached hydrogens (primary N) is 1. The lowest BCUT2D eigenvalue weighted by Crippen LogP contribution is -2.48. The van der Waals surface area contributed by atoms with Crippen LogP contribution in [0.5, 0.6) is 5.75 Å². The van der Waals surface area contributed by atoms with Crippen molar-refractivity contribution < 1.29 is 17.9 Å². The van der Waals surface area contributed by atoms with Gasteiger partial charge in [-0.1, -0.05) is 30.7 Å². The lowest BCUT2D eigenvalue weighted by atomic mass is 9.64. The Kier molecular flexibility index (Phi) is 6.47. The van der Waals surface area contributed by atoms with Crippen molar-refractivity contribution in [3.63, 3.8) is 0 Å². The smallest absolute Gasteiger partial charge is 0.416 e. The largest absolute Gasteiger partial charge is 0.489 e. The third-order valence-corrected chi connectivity index (χ3v) is 7.18. The molecule has 4 nitrogen and oxygen atoms in total. The molecule has 0 radical (unpaired) electrons. The first kappa shape index (κ1) is 23.6. The average Bonchev–Trinajstić information content (AvgIpc) is 2.80. The van der Waals surface area contributed by atoms with E-state index in [-0.39, 0.29) is 17.7 Å². The summed E-state index contributed by atoms with van der Waals surface area (Å²) < 4.78 is 45.3. The van der Waals surface area contributed by atoms with E-state index < -0.39 is 17.2 Å². The summed E-state index contributed by atoms with van der Waals surface area (Å²) >= 11 is 6.38. The fourth-order valence-electron chi connectivity index (χ4n) is 4.94. The predicted molar refractivity (Wildman–Crippen MR) is 124 cm³/mol. The van der Waals surface area contributed by atoms with Gasteiger partial charge in [-0.3, -0.25) is 4.79 Å². The number of halogens is 4. The van der Waals surface area contributed by atoms with Gasteiger partial charge in [0.2, 0.25) is 0 Å². The molecular formula is C25H26ClF3N2O2. The quantitative estimate of drug-likeness (QED) is 0.459. The van der Waals surface area contributed by atoms with E-state index in [0.29, 0.717) is 41.8 Å². The molecule has 0 saturated heterocycles. The number of fused-ring (bicyclic) bond motifs is 1. The van der Waals surface area contributed by atoms with E-state index in [0.717, 1.165) is 29.5 Å². The fraction of sp³-hybridized carbons (Fsp3) is 0.400. The van der Waals surface area contributed by atoms with Gasteiger partial charge in [0.15, 0.2) is 0 Å². The molecule has 0 aliphatic heterocycles. The van der Waals surface area contributed by atoms with Gasteiger partial charge in [0.1, 0.15) is 5.75 Å². The first-order chi connectivity index (χ1) is 15.6. The zero-order chi connectivity index (χ0) is 23.8. The minimum absolute atomic E-state index is 0.103. The summed E-state index contributed by atoms with van der Waals surface area (Å²) in [6, 6.07) is 10.4. The number of benzene rings is 2. The Morgan fingerprint density at radius 1 is 1.18 bits per heavy atom. The number of hydrogen-bond donors (Lipinski definition) is 2. The number of pyridine rings is 1. The summed E-state index contributed by atoms with van der Waals surface area (Å²) in [5.41, 5.74) is 6.08. The maximum absolute atomic E-state index is 13.0. The summed E-state index contributed by atoms with van der Waals surface area (Å²) in [6.45, 7) is 2.00. The molecule has 2 aromatic carbocycles. The molecule has 0 bridgehead atoms. The van der Waals surface area contributed by atoms with Crippen LogP contribution in [0, 0.1) is 0 Å². The zero-order valence-corrected chi connectivity index (χ0v) is 19.0. The Balaban J connectivity index is 1.54. The van der Waals surface area contributed by atoms with Crippen molar-refractivity contribution in [1.82, 2.24) is 4.98 Å². The number of aromatic nitrogens is 1. The van der Waals surface area contributed by atoms with Crippen LogP contribution in [0.3, 0.4) is 0 Å². The van der Waals surface area contributed by atoms with Crippen molar-refractivity contribution >= 4 is 22.4 Å². The summed E-state index contributed by atoms with van der Waals surface area (Å²) in [4.78, 5) is 14.6. The normalized spacial score (nSPS) is 22.3. The SMILES string of the molecule is CCC(N)[C@]1(c2ccc(C(F)(F)F)cc2)CC[C@H](Oc2cc3cc[nH]c(=O)c3cc2Cl)CC1. The predicted octanol–water partition coefficient (Wildman–Crippen LogP) is 6.20. The molecule has 0 amide bonds. The number of ether oxygens (including phenoxy) is 1. The van der Waals surface area contributed by atoms with Crippen LogP contribution in [-0.2, 0) is 11.6 Å². The minimum Gasteiger partial charge on any atom is -0.489 e. The van der Waals surface area contributed by atoms with Crippen LogP contribution >= 0.6 is 11.6 Å². The fourth-order valence-corrected chi connectivity index (χ4v) is 5.15. The van der Waals surface area contributed by atoms with Crippen LogP contribution in [0.1, 0.15) is 50.2 Å². The Bertz CT molecular complexity index is 1180. The molecule has 33 heavy (non-hydrogen) atoms. The maximum Gasteiger partial charge on any atom is 0.416 e. The highest BCUT2D eigenvalue weighted by atomic mass is 35.5. The van der Waals surface area contributed by atoms with Crippen LogP contribution in [0.2, 0.25) is 5.02 Å². The van der Waals surface area contributed by atoms with Gasteiger partial charge in [-0.25, -0.2) is 0 Å². The van der Waals surface area contributed by atoms with E-state index in [1.807, 2.05) is 6.92 Å². The third-order valence-electron chi connectivity index (χ3n) is 6.88. The first-order valence-electron chi connectivity index (χ1n) is 11.0. The van der Waals surface area contributed by atoms with Crippen LogP contribution < -0.4 is 16.0 Å².